The first-order valence-electron chi connectivity index (χ1n) is 5.64. The van der Waals surface area contributed by atoms with Crippen LogP contribution in [0.4, 0.5) is 4.79 Å². The van der Waals surface area contributed by atoms with E-state index in [2.05, 4.69) is 4.74 Å². The highest BCUT2D eigenvalue weighted by molar-refractivity contribution is 5.91. The number of carbonyl (C=O) groups excluding carboxylic acids is 2. The molecule has 1 amide bonds. The second-order valence-electron chi connectivity index (χ2n) is 4.39. The Balaban J connectivity index is 1.86. The molecule has 0 N–H and O–H groups in total. The van der Waals surface area contributed by atoms with Crippen molar-refractivity contribution in [2.75, 3.05) is 13.7 Å². The Hall–Kier alpha value is -2.04. The summed E-state index contributed by atoms with van der Waals surface area (Å²) < 4.78 is 9.75. The van der Waals surface area contributed by atoms with Gasteiger partial charge in [0, 0.05) is 0 Å². The zero-order valence-electron chi connectivity index (χ0n) is 10.4. The van der Waals surface area contributed by atoms with Gasteiger partial charge in [-0.3, -0.25) is 4.90 Å². The average molecular weight is 249 g/mol. The molecule has 0 saturated carbocycles. The predicted molar refractivity (Wildman–Crippen MR) is 63.8 cm³/mol. The molecule has 18 heavy (non-hydrogen) atoms. The Morgan fingerprint density at radius 1 is 1.33 bits per heavy atom. The Labute approximate surface area is 105 Å². The van der Waals surface area contributed by atoms with Gasteiger partial charge in [-0.2, -0.15) is 0 Å². The Morgan fingerprint density at radius 3 is 2.61 bits per heavy atom. The number of hydrogen-bond donors (Lipinski definition) is 0. The lowest BCUT2D eigenvalue weighted by atomic mass is 10.2. The van der Waals surface area contributed by atoms with Crippen molar-refractivity contribution in [1.29, 1.82) is 0 Å². The summed E-state index contributed by atoms with van der Waals surface area (Å²) in [5, 5.41) is 0. The van der Waals surface area contributed by atoms with Crippen molar-refractivity contribution in [1.82, 2.24) is 4.90 Å². The van der Waals surface area contributed by atoms with Crippen LogP contribution in [0.5, 0.6) is 0 Å². The molecule has 1 heterocycles. The van der Waals surface area contributed by atoms with Crippen LogP contribution in [0.1, 0.15) is 12.5 Å². The molecule has 1 aromatic rings. The topological polar surface area (TPSA) is 55.6 Å². The van der Waals surface area contributed by atoms with Gasteiger partial charge in [-0.15, -0.1) is 0 Å². The maximum Gasteiger partial charge on any atom is 0.411 e. The maximum atomic E-state index is 11.7. The summed E-state index contributed by atoms with van der Waals surface area (Å²) in [6, 6.07) is 9.38. The van der Waals surface area contributed by atoms with Crippen molar-refractivity contribution in [3.63, 3.8) is 0 Å². The third kappa shape index (κ3) is 2.30. The fourth-order valence-corrected chi connectivity index (χ4v) is 1.73. The third-order valence-electron chi connectivity index (χ3n) is 3.01. The normalized spacial score (nSPS) is 21.3. The minimum Gasteiger partial charge on any atom is -0.467 e. The molecule has 1 aliphatic heterocycles. The first kappa shape index (κ1) is 12.4. The van der Waals surface area contributed by atoms with Crippen LogP contribution in [0.2, 0.25) is 0 Å². The van der Waals surface area contributed by atoms with Gasteiger partial charge < -0.3 is 9.47 Å². The molecule has 5 nitrogen and oxygen atoms in total. The Bertz CT molecular complexity index is 459. The molecular formula is C13H15NO4. The summed E-state index contributed by atoms with van der Waals surface area (Å²) in [7, 11) is 1.30. The van der Waals surface area contributed by atoms with Crippen molar-refractivity contribution in [2.24, 2.45) is 0 Å². The summed E-state index contributed by atoms with van der Waals surface area (Å²) in [6.45, 7) is 2.20. The van der Waals surface area contributed by atoms with Gasteiger partial charge in [-0.25, -0.2) is 9.59 Å². The van der Waals surface area contributed by atoms with Gasteiger partial charge in [-0.05, 0) is 12.5 Å². The number of hydrogen-bond acceptors (Lipinski definition) is 4. The number of benzene rings is 1. The van der Waals surface area contributed by atoms with E-state index in [0.717, 1.165) is 5.56 Å². The summed E-state index contributed by atoms with van der Waals surface area (Å²) in [4.78, 5) is 24.5. The molecule has 1 aromatic carbocycles. The van der Waals surface area contributed by atoms with E-state index in [9.17, 15) is 9.59 Å². The van der Waals surface area contributed by atoms with E-state index in [0.29, 0.717) is 6.54 Å². The highest BCUT2D eigenvalue weighted by Gasteiger charge is 2.59. The fourth-order valence-electron chi connectivity index (χ4n) is 1.73. The number of amides is 1. The standard InChI is InChI=1S/C13H15NO4/c1-13(11(15)17-2)9-14(13)12(16)18-8-10-6-4-3-5-7-10/h3-7H,8-9H2,1-2H3/t13-,14?/m0/s1. The van der Waals surface area contributed by atoms with E-state index >= 15 is 0 Å². The lowest BCUT2D eigenvalue weighted by molar-refractivity contribution is -0.144. The Kier molecular flexibility index (Phi) is 3.23. The van der Waals surface area contributed by atoms with E-state index in [4.69, 9.17) is 4.74 Å². The predicted octanol–water partition coefficient (Wildman–Crippen LogP) is 1.57. The summed E-state index contributed by atoms with van der Waals surface area (Å²) in [6.07, 6.45) is -0.494. The van der Waals surface area contributed by atoms with Gasteiger partial charge in [0.15, 0.2) is 5.54 Å². The molecule has 0 spiro atoms. The first-order valence-corrected chi connectivity index (χ1v) is 5.64. The molecule has 0 unspecified atom stereocenters. The molecule has 0 aromatic heterocycles. The van der Waals surface area contributed by atoms with E-state index in [-0.39, 0.29) is 6.61 Å². The van der Waals surface area contributed by atoms with Crippen LogP contribution in [0.25, 0.3) is 0 Å². The zero-order chi connectivity index (χ0) is 13.2. The van der Waals surface area contributed by atoms with Crippen LogP contribution in [-0.4, -0.2) is 36.2 Å². The van der Waals surface area contributed by atoms with Crippen LogP contribution in [-0.2, 0) is 20.9 Å². The number of rotatable bonds is 3. The molecule has 0 radical (unpaired) electrons. The van der Waals surface area contributed by atoms with Gasteiger partial charge in [0.2, 0.25) is 0 Å². The maximum absolute atomic E-state index is 11.7. The largest absolute Gasteiger partial charge is 0.467 e. The molecule has 96 valence electrons. The second-order valence-corrected chi connectivity index (χ2v) is 4.39. The monoisotopic (exact) mass is 249 g/mol. The number of methoxy groups -OCH3 is 1. The van der Waals surface area contributed by atoms with Crippen molar-refractivity contribution in [3.8, 4) is 0 Å². The molecule has 5 heteroatoms. The van der Waals surface area contributed by atoms with Gasteiger partial charge in [0.1, 0.15) is 6.61 Å². The summed E-state index contributed by atoms with van der Waals surface area (Å²) in [5.74, 6) is -0.417. The van der Waals surface area contributed by atoms with Crippen LogP contribution < -0.4 is 0 Å². The third-order valence-corrected chi connectivity index (χ3v) is 3.01. The van der Waals surface area contributed by atoms with Crippen molar-refractivity contribution < 1.29 is 19.1 Å². The highest BCUT2D eigenvalue weighted by Crippen LogP contribution is 2.33. The average Bonchev–Trinajstić information content (AvgIpc) is 3.10. The van der Waals surface area contributed by atoms with Crippen LogP contribution >= 0.6 is 0 Å². The molecule has 0 aliphatic carbocycles. The molecule has 0 bridgehead atoms. The second kappa shape index (κ2) is 4.68. The van der Waals surface area contributed by atoms with E-state index in [1.165, 1.54) is 12.0 Å². The zero-order valence-corrected chi connectivity index (χ0v) is 10.4. The van der Waals surface area contributed by atoms with Crippen LogP contribution in [0.3, 0.4) is 0 Å². The number of esters is 1. The van der Waals surface area contributed by atoms with Gasteiger partial charge in [0.05, 0.1) is 13.7 Å². The molecular weight excluding hydrogens is 234 g/mol. The van der Waals surface area contributed by atoms with Crippen LogP contribution in [0, 0.1) is 0 Å². The highest BCUT2D eigenvalue weighted by atomic mass is 16.6. The number of carbonyl (C=O) groups is 2. The van der Waals surface area contributed by atoms with E-state index in [1.54, 1.807) is 6.92 Å². The summed E-state index contributed by atoms with van der Waals surface area (Å²) in [5.41, 5.74) is 0.0511. The first-order chi connectivity index (χ1) is 8.58. The van der Waals surface area contributed by atoms with Crippen molar-refractivity contribution in [2.45, 2.75) is 19.1 Å². The minimum absolute atomic E-state index is 0.202. The Morgan fingerprint density at radius 2 is 2.00 bits per heavy atom. The van der Waals surface area contributed by atoms with Crippen molar-refractivity contribution in [3.05, 3.63) is 35.9 Å². The van der Waals surface area contributed by atoms with Crippen molar-refractivity contribution >= 4 is 12.1 Å². The molecule has 1 aliphatic rings. The fraction of sp³-hybridized carbons (Fsp3) is 0.385. The van der Waals surface area contributed by atoms with Gasteiger partial charge in [-0.1, -0.05) is 30.3 Å². The molecule has 2 rings (SSSR count). The van der Waals surface area contributed by atoms with Gasteiger partial charge in [0.25, 0.3) is 0 Å². The quantitative estimate of drug-likeness (QED) is 0.602. The minimum atomic E-state index is -0.859. The number of ether oxygens (including phenoxy) is 2. The number of nitrogens with zero attached hydrogens (tertiary/aromatic N) is 1. The molecule has 1 atom stereocenters. The SMILES string of the molecule is COC(=O)[C@]1(C)CN1C(=O)OCc1ccccc1. The lowest BCUT2D eigenvalue weighted by Gasteiger charge is -2.10. The lowest BCUT2D eigenvalue weighted by Crippen LogP contribution is -2.30. The molecule has 1 saturated heterocycles. The van der Waals surface area contributed by atoms with E-state index in [1.807, 2.05) is 30.3 Å². The summed E-state index contributed by atoms with van der Waals surface area (Å²) >= 11 is 0. The van der Waals surface area contributed by atoms with Gasteiger partial charge >= 0.3 is 12.1 Å². The smallest absolute Gasteiger partial charge is 0.411 e. The molecule has 1 fully saturated rings. The van der Waals surface area contributed by atoms with E-state index < -0.39 is 17.6 Å². The van der Waals surface area contributed by atoms with Crippen LogP contribution in [0.15, 0.2) is 30.3 Å².